The van der Waals surface area contributed by atoms with E-state index in [4.69, 9.17) is 27.9 Å². The zero-order valence-electron chi connectivity index (χ0n) is 16.5. The molecule has 3 aromatic carbocycles. The van der Waals surface area contributed by atoms with Crippen LogP contribution in [0.1, 0.15) is 16.7 Å². The van der Waals surface area contributed by atoms with E-state index in [9.17, 15) is 14.4 Å². The van der Waals surface area contributed by atoms with Crippen molar-refractivity contribution in [3.8, 4) is 11.8 Å². The van der Waals surface area contributed by atoms with E-state index in [0.29, 0.717) is 27.0 Å². The van der Waals surface area contributed by atoms with Crippen LogP contribution in [0.5, 0.6) is 5.75 Å². The summed E-state index contributed by atoms with van der Waals surface area (Å²) in [6, 6.07) is 17.8. The van der Waals surface area contributed by atoms with Crippen molar-refractivity contribution in [3.63, 3.8) is 0 Å². The smallest absolute Gasteiger partial charge is 0.266 e. The predicted molar refractivity (Wildman–Crippen MR) is 121 cm³/mol. The SMILES string of the molecule is Cc1ccc(NC(=O)/C(C#N)=C/c2cc(Cl)ccc2OCc2ccc(F)cc2)cc1Cl. The molecule has 0 fully saturated rings. The molecular formula is C24H17Cl2FN2O2. The quantitative estimate of drug-likeness (QED) is 0.338. The third kappa shape index (κ3) is 6.08. The molecule has 4 nitrogen and oxygen atoms in total. The van der Waals surface area contributed by atoms with Gasteiger partial charge in [0.15, 0.2) is 0 Å². The Hall–Kier alpha value is -3.33. The first-order valence-electron chi connectivity index (χ1n) is 9.22. The minimum absolute atomic E-state index is 0.134. The first kappa shape index (κ1) is 22.4. The van der Waals surface area contributed by atoms with E-state index in [1.165, 1.54) is 18.2 Å². The van der Waals surface area contributed by atoms with Gasteiger partial charge in [-0.1, -0.05) is 41.4 Å². The van der Waals surface area contributed by atoms with E-state index in [1.807, 2.05) is 13.0 Å². The molecule has 0 aromatic heterocycles. The van der Waals surface area contributed by atoms with Gasteiger partial charge in [-0.15, -0.1) is 0 Å². The van der Waals surface area contributed by atoms with Gasteiger partial charge in [-0.05, 0) is 66.6 Å². The highest BCUT2D eigenvalue weighted by atomic mass is 35.5. The number of ether oxygens (including phenoxy) is 1. The van der Waals surface area contributed by atoms with Crippen LogP contribution in [0.25, 0.3) is 6.08 Å². The van der Waals surface area contributed by atoms with E-state index < -0.39 is 5.91 Å². The van der Waals surface area contributed by atoms with E-state index in [1.54, 1.807) is 48.5 Å². The molecule has 3 aromatic rings. The van der Waals surface area contributed by atoms with Crippen LogP contribution in [-0.2, 0) is 11.4 Å². The number of anilines is 1. The molecular weight excluding hydrogens is 438 g/mol. The number of amides is 1. The number of aryl methyl sites for hydroxylation is 1. The number of rotatable bonds is 6. The fourth-order valence-corrected chi connectivity index (χ4v) is 3.04. The van der Waals surface area contributed by atoms with Crippen molar-refractivity contribution in [2.75, 3.05) is 5.32 Å². The maximum Gasteiger partial charge on any atom is 0.266 e. The molecule has 0 bridgehead atoms. The number of carbonyl (C=O) groups is 1. The number of halogens is 3. The number of nitriles is 1. The maximum atomic E-state index is 13.1. The Labute approximate surface area is 189 Å². The van der Waals surface area contributed by atoms with Crippen LogP contribution in [-0.4, -0.2) is 5.91 Å². The Morgan fingerprint density at radius 1 is 1.13 bits per heavy atom. The van der Waals surface area contributed by atoms with E-state index in [0.717, 1.165) is 11.1 Å². The number of hydrogen-bond donors (Lipinski definition) is 1. The van der Waals surface area contributed by atoms with Gasteiger partial charge in [-0.25, -0.2) is 4.39 Å². The number of carbonyl (C=O) groups excluding carboxylic acids is 1. The highest BCUT2D eigenvalue weighted by Crippen LogP contribution is 2.27. The number of nitrogens with zero attached hydrogens (tertiary/aromatic N) is 1. The Morgan fingerprint density at radius 3 is 2.55 bits per heavy atom. The molecule has 156 valence electrons. The van der Waals surface area contributed by atoms with Crippen LogP contribution in [0, 0.1) is 24.1 Å². The van der Waals surface area contributed by atoms with Crippen molar-refractivity contribution in [1.82, 2.24) is 0 Å². The van der Waals surface area contributed by atoms with Gasteiger partial charge in [0.05, 0.1) is 0 Å². The van der Waals surface area contributed by atoms with Crippen LogP contribution < -0.4 is 10.1 Å². The first-order valence-corrected chi connectivity index (χ1v) is 9.97. The zero-order chi connectivity index (χ0) is 22.4. The highest BCUT2D eigenvalue weighted by molar-refractivity contribution is 6.31. The molecule has 0 aliphatic rings. The summed E-state index contributed by atoms with van der Waals surface area (Å²) in [6.45, 7) is 2.03. The molecule has 0 aliphatic heterocycles. The fraction of sp³-hybridized carbons (Fsp3) is 0.0833. The lowest BCUT2D eigenvalue weighted by Crippen LogP contribution is -2.13. The summed E-state index contributed by atoms with van der Waals surface area (Å²) in [7, 11) is 0. The largest absolute Gasteiger partial charge is 0.488 e. The lowest BCUT2D eigenvalue weighted by atomic mass is 10.1. The fourth-order valence-electron chi connectivity index (χ4n) is 2.68. The topological polar surface area (TPSA) is 62.1 Å². The van der Waals surface area contributed by atoms with Crippen LogP contribution in [0.4, 0.5) is 10.1 Å². The molecule has 0 saturated carbocycles. The molecule has 0 atom stereocenters. The maximum absolute atomic E-state index is 13.1. The van der Waals surface area contributed by atoms with Crippen molar-refractivity contribution in [3.05, 3.63) is 98.8 Å². The summed E-state index contributed by atoms with van der Waals surface area (Å²) in [5.74, 6) is -0.502. The third-order valence-electron chi connectivity index (χ3n) is 4.37. The van der Waals surface area contributed by atoms with Crippen LogP contribution in [0.2, 0.25) is 10.0 Å². The third-order valence-corrected chi connectivity index (χ3v) is 5.02. The molecule has 1 N–H and O–H groups in total. The van der Waals surface area contributed by atoms with E-state index in [-0.39, 0.29) is 18.0 Å². The second-order valence-electron chi connectivity index (χ2n) is 6.69. The average Bonchev–Trinajstić information content (AvgIpc) is 2.75. The minimum atomic E-state index is -0.591. The van der Waals surface area contributed by atoms with Gasteiger partial charge in [0, 0.05) is 21.3 Å². The summed E-state index contributed by atoms with van der Waals surface area (Å²) in [4.78, 5) is 12.6. The summed E-state index contributed by atoms with van der Waals surface area (Å²) in [6.07, 6.45) is 1.40. The van der Waals surface area contributed by atoms with Gasteiger partial charge in [0.25, 0.3) is 5.91 Å². The molecule has 3 rings (SSSR count). The molecule has 0 aliphatic carbocycles. The van der Waals surface area contributed by atoms with Gasteiger partial charge in [-0.2, -0.15) is 5.26 Å². The number of hydrogen-bond acceptors (Lipinski definition) is 3. The summed E-state index contributed by atoms with van der Waals surface area (Å²) in [5, 5.41) is 13.1. The minimum Gasteiger partial charge on any atom is -0.488 e. The molecule has 0 unspecified atom stereocenters. The summed E-state index contributed by atoms with van der Waals surface area (Å²) < 4.78 is 18.9. The standard InChI is InChI=1S/C24H17Cl2FN2O2/c1-15-2-8-21(12-22(15)26)29-24(30)18(13-28)10-17-11-19(25)5-9-23(17)31-14-16-3-6-20(27)7-4-16/h2-12H,14H2,1H3,(H,29,30)/b18-10+. The molecule has 7 heteroatoms. The molecule has 1 amide bonds. The lowest BCUT2D eigenvalue weighted by molar-refractivity contribution is -0.112. The molecule has 0 radical (unpaired) electrons. The predicted octanol–water partition coefficient (Wildman–Crippen LogP) is 6.57. The molecule has 31 heavy (non-hydrogen) atoms. The Bertz CT molecular complexity index is 1190. The van der Waals surface area contributed by atoms with Crippen molar-refractivity contribution < 1.29 is 13.9 Å². The normalized spacial score (nSPS) is 11.0. The molecule has 0 heterocycles. The first-order chi connectivity index (χ1) is 14.9. The summed E-state index contributed by atoms with van der Waals surface area (Å²) >= 11 is 12.2. The lowest BCUT2D eigenvalue weighted by Gasteiger charge is -2.11. The van der Waals surface area contributed by atoms with Crippen LogP contribution >= 0.6 is 23.2 Å². The van der Waals surface area contributed by atoms with Crippen molar-refractivity contribution in [2.45, 2.75) is 13.5 Å². The zero-order valence-corrected chi connectivity index (χ0v) is 18.0. The molecule has 0 saturated heterocycles. The van der Waals surface area contributed by atoms with Crippen LogP contribution in [0.15, 0.2) is 66.2 Å². The summed E-state index contributed by atoms with van der Waals surface area (Å²) in [5.41, 5.74) is 2.44. The Kier molecular flexibility index (Phi) is 7.30. The van der Waals surface area contributed by atoms with Gasteiger partial charge < -0.3 is 10.1 Å². The van der Waals surface area contributed by atoms with Gasteiger partial charge in [-0.3, -0.25) is 4.79 Å². The number of nitrogens with one attached hydrogen (secondary N) is 1. The van der Waals surface area contributed by atoms with Crippen molar-refractivity contribution in [2.24, 2.45) is 0 Å². The second-order valence-corrected chi connectivity index (χ2v) is 7.53. The highest BCUT2D eigenvalue weighted by Gasteiger charge is 2.13. The van der Waals surface area contributed by atoms with Crippen LogP contribution in [0.3, 0.4) is 0 Å². The van der Waals surface area contributed by atoms with Gasteiger partial charge in [0.1, 0.15) is 29.8 Å². The van der Waals surface area contributed by atoms with Gasteiger partial charge >= 0.3 is 0 Å². The van der Waals surface area contributed by atoms with Crippen molar-refractivity contribution >= 4 is 40.9 Å². The van der Waals surface area contributed by atoms with E-state index >= 15 is 0 Å². The molecule has 0 spiro atoms. The Balaban J connectivity index is 1.82. The average molecular weight is 455 g/mol. The monoisotopic (exact) mass is 454 g/mol. The van der Waals surface area contributed by atoms with E-state index in [2.05, 4.69) is 5.32 Å². The van der Waals surface area contributed by atoms with Crippen molar-refractivity contribution in [1.29, 1.82) is 5.26 Å². The Morgan fingerprint density at radius 2 is 1.87 bits per heavy atom. The number of benzene rings is 3. The van der Waals surface area contributed by atoms with Gasteiger partial charge in [0.2, 0.25) is 0 Å². The second kappa shape index (κ2) is 10.1.